The first kappa shape index (κ1) is 28.9. The molecule has 2 aromatic rings. The van der Waals surface area contributed by atoms with Gasteiger partial charge in [-0.1, -0.05) is 0 Å². The average molecular weight is 548 g/mol. The number of methoxy groups -OCH3 is 2. The largest absolute Gasteiger partial charge is 0.497 e. The summed E-state index contributed by atoms with van der Waals surface area (Å²) in [6.07, 6.45) is -11.6. The summed E-state index contributed by atoms with van der Waals surface area (Å²) >= 11 is 0. The Labute approximate surface area is 214 Å². The minimum Gasteiger partial charge on any atom is -0.497 e. The van der Waals surface area contributed by atoms with E-state index in [1.54, 1.807) is 32.0 Å². The maximum atomic E-state index is 13.4. The minimum absolute atomic E-state index is 0.0199. The van der Waals surface area contributed by atoms with Crippen LogP contribution in [0.5, 0.6) is 5.75 Å². The number of hydrogen-bond donors (Lipinski definition) is 0. The first-order valence-electron chi connectivity index (χ1n) is 11.5. The van der Waals surface area contributed by atoms with Gasteiger partial charge in [0.25, 0.3) is 0 Å². The number of nitrogens with zero attached hydrogens (tertiary/aromatic N) is 2. The molecule has 1 aliphatic rings. The number of carbonyl (C=O) groups excluding carboxylic acids is 2. The maximum Gasteiger partial charge on any atom is 0.416 e. The highest BCUT2D eigenvalue weighted by molar-refractivity contribution is 5.90. The number of rotatable bonds is 5. The molecule has 13 heteroatoms. The molecule has 1 heterocycles. The molecule has 2 atom stereocenters. The van der Waals surface area contributed by atoms with Gasteiger partial charge in [-0.2, -0.15) is 26.3 Å². The topological polar surface area (TPSA) is 68.3 Å². The molecule has 0 bridgehead atoms. The van der Waals surface area contributed by atoms with Crippen LogP contribution < -0.4 is 9.64 Å². The number of anilines is 1. The Bertz CT molecular complexity index is 1150. The van der Waals surface area contributed by atoms with Crippen molar-refractivity contribution in [3.8, 4) is 5.75 Å². The van der Waals surface area contributed by atoms with Gasteiger partial charge in [0.15, 0.2) is 0 Å². The molecule has 7 nitrogen and oxygen atoms in total. The van der Waals surface area contributed by atoms with Crippen LogP contribution in [0.25, 0.3) is 0 Å². The van der Waals surface area contributed by atoms with E-state index in [1.165, 1.54) is 12.0 Å². The summed E-state index contributed by atoms with van der Waals surface area (Å²) in [6.45, 7) is 2.78. The SMILES string of the molecule is CCOC(=O)N1c2ccc(OC)cc2[C@@H](N(Cc2cc(C(F)(F)F)cc(C(F)(F)F)c2)C(=O)OC)C[C@H]1C. The molecule has 0 spiro atoms. The van der Waals surface area contributed by atoms with E-state index in [-0.39, 0.29) is 19.1 Å². The van der Waals surface area contributed by atoms with Gasteiger partial charge < -0.3 is 14.2 Å². The molecule has 0 fully saturated rings. The summed E-state index contributed by atoms with van der Waals surface area (Å²) in [6, 6.07) is 4.38. The first-order valence-corrected chi connectivity index (χ1v) is 11.5. The van der Waals surface area contributed by atoms with Gasteiger partial charge in [-0.25, -0.2) is 9.59 Å². The second-order valence-electron chi connectivity index (χ2n) is 8.61. The van der Waals surface area contributed by atoms with Crippen LogP contribution in [-0.4, -0.2) is 44.0 Å². The van der Waals surface area contributed by atoms with Crippen molar-refractivity contribution in [3.05, 3.63) is 58.7 Å². The number of alkyl halides is 6. The predicted molar refractivity (Wildman–Crippen MR) is 124 cm³/mol. The molecule has 38 heavy (non-hydrogen) atoms. The molecule has 0 aliphatic carbocycles. The Balaban J connectivity index is 2.15. The number of carbonyl (C=O) groups is 2. The van der Waals surface area contributed by atoms with Crippen LogP contribution >= 0.6 is 0 Å². The van der Waals surface area contributed by atoms with Gasteiger partial charge in [-0.15, -0.1) is 0 Å². The Morgan fingerprint density at radius 2 is 1.61 bits per heavy atom. The molecule has 0 saturated heterocycles. The third kappa shape index (κ3) is 6.08. The zero-order valence-electron chi connectivity index (χ0n) is 20.9. The fraction of sp³-hybridized carbons (Fsp3) is 0.440. The first-order chi connectivity index (χ1) is 17.7. The zero-order chi connectivity index (χ0) is 28.4. The standard InChI is InChI=1S/C25H26F6N2O5/c1-5-38-23(35)33-14(2)8-21(19-12-18(36-3)6-7-20(19)33)32(22(34)37-4)13-15-9-16(24(26,27)28)11-17(10-15)25(29,30)31/h6-7,9-12,14,21H,5,8,13H2,1-4H3/t14-,21+/m1/s1. The molecule has 0 radical (unpaired) electrons. The van der Waals surface area contributed by atoms with Crippen LogP contribution in [0.15, 0.2) is 36.4 Å². The number of hydrogen-bond acceptors (Lipinski definition) is 5. The van der Waals surface area contributed by atoms with Crippen molar-refractivity contribution in [1.82, 2.24) is 4.90 Å². The lowest BCUT2D eigenvalue weighted by atomic mass is 9.90. The van der Waals surface area contributed by atoms with Crippen LogP contribution in [-0.2, 0) is 28.4 Å². The summed E-state index contributed by atoms with van der Waals surface area (Å²) in [5.41, 5.74) is -2.67. The number of ether oxygens (including phenoxy) is 3. The Morgan fingerprint density at radius 1 is 1.00 bits per heavy atom. The number of halogens is 6. The molecule has 1 aliphatic heterocycles. The lowest BCUT2D eigenvalue weighted by Crippen LogP contribution is -2.47. The van der Waals surface area contributed by atoms with Crippen molar-refractivity contribution >= 4 is 17.9 Å². The molecule has 0 unspecified atom stereocenters. The molecule has 208 valence electrons. The third-order valence-corrected chi connectivity index (χ3v) is 6.11. The third-order valence-electron chi connectivity index (χ3n) is 6.11. The smallest absolute Gasteiger partial charge is 0.416 e. The average Bonchev–Trinajstić information content (AvgIpc) is 2.85. The molecular formula is C25H26F6N2O5. The van der Waals surface area contributed by atoms with Crippen LogP contribution in [0.3, 0.4) is 0 Å². The van der Waals surface area contributed by atoms with Crippen LogP contribution in [0.4, 0.5) is 41.6 Å². The quantitative estimate of drug-likeness (QED) is 0.385. The van der Waals surface area contributed by atoms with Crippen molar-refractivity contribution in [2.75, 3.05) is 25.7 Å². The number of amides is 2. The van der Waals surface area contributed by atoms with Gasteiger partial charge in [0.2, 0.25) is 0 Å². The van der Waals surface area contributed by atoms with E-state index in [0.717, 1.165) is 12.0 Å². The second kappa shape index (κ2) is 11.0. The summed E-state index contributed by atoms with van der Waals surface area (Å²) in [5, 5.41) is 0. The van der Waals surface area contributed by atoms with E-state index >= 15 is 0 Å². The summed E-state index contributed by atoms with van der Waals surface area (Å²) in [7, 11) is 2.44. The maximum absolute atomic E-state index is 13.4. The van der Waals surface area contributed by atoms with E-state index < -0.39 is 59.9 Å². The van der Waals surface area contributed by atoms with Crippen molar-refractivity contribution in [2.24, 2.45) is 0 Å². The van der Waals surface area contributed by atoms with Crippen molar-refractivity contribution in [2.45, 2.75) is 51.2 Å². The van der Waals surface area contributed by atoms with Gasteiger partial charge in [-0.3, -0.25) is 9.80 Å². The number of fused-ring (bicyclic) bond motifs is 1. The monoisotopic (exact) mass is 548 g/mol. The highest BCUT2D eigenvalue weighted by atomic mass is 19.4. The Kier molecular flexibility index (Phi) is 8.37. The molecular weight excluding hydrogens is 522 g/mol. The Morgan fingerprint density at radius 3 is 2.11 bits per heavy atom. The van der Waals surface area contributed by atoms with E-state index in [0.29, 0.717) is 29.1 Å². The van der Waals surface area contributed by atoms with Crippen molar-refractivity contribution < 1.29 is 50.1 Å². The lowest BCUT2D eigenvalue weighted by Gasteiger charge is -2.42. The van der Waals surface area contributed by atoms with Crippen LogP contribution in [0.2, 0.25) is 0 Å². The Hall–Kier alpha value is -3.64. The molecule has 0 saturated carbocycles. The van der Waals surface area contributed by atoms with Gasteiger partial charge in [0, 0.05) is 18.2 Å². The van der Waals surface area contributed by atoms with Crippen LogP contribution in [0.1, 0.15) is 48.6 Å². The molecule has 0 N–H and O–H groups in total. The number of benzene rings is 2. The predicted octanol–water partition coefficient (Wildman–Crippen LogP) is 6.80. The van der Waals surface area contributed by atoms with E-state index in [1.807, 2.05) is 0 Å². The van der Waals surface area contributed by atoms with Crippen molar-refractivity contribution in [1.29, 1.82) is 0 Å². The normalized spacial score (nSPS) is 17.5. The molecule has 2 amide bonds. The van der Waals surface area contributed by atoms with Gasteiger partial charge >= 0.3 is 24.5 Å². The summed E-state index contributed by atoms with van der Waals surface area (Å²) < 4.78 is 95.9. The molecule has 3 rings (SSSR count). The minimum atomic E-state index is -5.05. The second-order valence-corrected chi connectivity index (χ2v) is 8.61. The highest BCUT2D eigenvalue weighted by Crippen LogP contribution is 2.44. The summed E-state index contributed by atoms with van der Waals surface area (Å²) in [4.78, 5) is 28.0. The fourth-order valence-corrected chi connectivity index (χ4v) is 4.43. The zero-order valence-corrected chi connectivity index (χ0v) is 20.9. The highest BCUT2D eigenvalue weighted by Gasteiger charge is 2.41. The molecule has 2 aromatic carbocycles. The summed E-state index contributed by atoms with van der Waals surface area (Å²) in [5.74, 6) is 0.357. The van der Waals surface area contributed by atoms with Crippen molar-refractivity contribution in [3.63, 3.8) is 0 Å². The van der Waals surface area contributed by atoms with Crippen LogP contribution in [0, 0.1) is 0 Å². The van der Waals surface area contributed by atoms with E-state index in [9.17, 15) is 35.9 Å². The van der Waals surface area contributed by atoms with E-state index in [4.69, 9.17) is 14.2 Å². The fourth-order valence-electron chi connectivity index (χ4n) is 4.43. The van der Waals surface area contributed by atoms with Gasteiger partial charge in [0.1, 0.15) is 5.75 Å². The molecule has 0 aromatic heterocycles. The van der Waals surface area contributed by atoms with Gasteiger partial charge in [0.05, 0.1) is 43.7 Å². The van der Waals surface area contributed by atoms with E-state index in [2.05, 4.69) is 0 Å². The lowest BCUT2D eigenvalue weighted by molar-refractivity contribution is -0.143. The van der Waals surface area contributed by atoms with Gasteiger partial charge in [-0.05, 0) is 62.2 Å².